The van der Waals surface area contributed by atoms with Gasteiger partial charge >= 0.3 is 7.82 Å². The Morgan fingerprint density at radius 1 is 0.429 bits per heavy atom. The van der Waals surface area contributed by atoms with Crippen molar-refractivity contribution in [3.05, 3.63) is 12.2 Å². The number of amides is 1. The number of phosphoric acid groups is 1. The molecular formula is C68H138N2O6P+. The molecule has 0 radical (unpaired) electrons. The number of aliphatic hydroxyl groups is 1. The molecule has 0 saturated carbocycles. The maximum atomic E-state index is 13.0. The van der Waals surface area contributed by atoms with E-state index in [-0.39, 0.29) is 19.1 Å². The number of carbonyl (C=O) groups excluding carboxylic acids is 1. The highest BCUT2D eigenvalue weighted by Crippen LogP contribution is 2.43. The number of likely N-dealkylation sites (N-methyl/N-ethyl adjacent to an activating group) is 1. The van der Waals surface area contributed by atoms with Gasteiger partial charge in [0, 0.05) is 6.42 Å². The van der Waals surface area contributed by atoms with Crippen LogP contribution in [-0.2, 0) is 18.4 Å². The van der Waals surface area contributed by atoms with E-state index >= 15 is 0 Å². The molecule has 9 heteroatoms. The van der Waals surface area contributed by atoms with Gasteiger partial charge < -0.3 is 19.8 Å². The lowest BCUT2D eigenvalue weighted by molar-refractivity contribution is -0.870. The van der Waals surface area contributed by atoms with Crippen LogP contribution >= 0.6 is 7.82 Å². The van der Waals surface area contributed by atoms with Crippen molar-refractivity contribution in [1.29, 1.82) is 0 Å². The summed E-state index contributed by atoms with van der Waals surface area (Å²) in [6.45, 7) is 4.88. The van der Waals surface area contributed by atoms with Gasteiger partial charge in [-0.2, -0.15) is 0 Å². The zero-order valence-corrected chi connectivity index (χ0v) is 53.6. The van der Waals surface area contributed by atoms with Crippen molar-refractivity contribution in [2.75, 3.05) is 40.9 Å². The van der Waals surface area contributed by atoms with Gasteiger partial charge in [-0.1, -0.05) is 353 Å². The lowest BCUT2D eigenvalue weighted by atomic mass is 10.0. The molecule has 0 spiro atoms. The number of rotatable bonds is 65. The summed E-state index contributed by atoms with van der Waals surface area (Å²) in [6.07, 6.45) is 76.5. The van der Waals surface area contributed by atoms with Crippen LogP contribution in [0.4, 0.5) is 0 Å². The van der Waals surface area contributed by atoms with E-state index in [1.54, 1.807) is 6.08 Å². The minimum absolute atomic E-state index is 0.0653. The molecule has 0 aromatic carbocycles. The highest BCUT2D eigenvalue weighted by atomic mass is 31.2. The lowest BCUT2D eigenvalue weighted by Crippen LogP contribution is -2.45. The third kappa shape index (κ3) is 62.7. The predicted molar refractivity (Wildman–Crippen MR) is 337 cm³/mol. The van der Waals surface area contributed by atoms with Gasteiger partial charge in [-0.05, 0) is 19.3 Å². The third-order valence-corrected chi connectivity index (χ3v) is 17.2. The molecular weight excluding hydrogens is 972 g/mol. The minimum atomic E-state index is -4.35. The Hall–Kier alpha value is -0.760. The molecule has 0 aliphatic rings. The van der Waals surface area contributed by atoms with Gasteiger partial charge in [0.25, 0.3) is 0 Å². The smallest absolute Gasteiger partial charge is 0.387 e. The van der Waals surface area contributed by atoms with E-state index in [1.807, 2.05) is 27.2 Å². The van der Waals surface area contributed by atoms with Crippen molar-refractivity contribution >= 4 is 13.7 Å². The van der Waals surface area contributed by atoms with Crippen LogP contribution in [0.15, 0.2) is 12.2 Å². The number of nitrogens with one attached hydrogen (secondary N) is 1. The van der Waals surface area contributed by atoms with Crippen molar-refractivity contribution < 1.29 is 32.9 Å². The molecule has 0 bridgehead atoms. The molecule has 3 N–H and O–H groups in total. The molecule has 0 fully saturated rings. The van der Waals surface area contributed by atoms with Crippen LogP contribution in [0.2, 0.25) is 0 Å². The minimum Gasteiger partial charge on any atom is -0.387 e. The van der Waals surface area contributed by atoms with Crippen LogP contribution in [-0.4, -0.2) is 73.4 Å². The van der Waals surface area contributed by atoms with E-state index < -0.39 is 20.0 Å². The lowest BCUT2D eigenvalue weighted by Gasteiger charge is -2.25. The SMILES string of the molecule is CCCCCCCCCCCCCCCCCC/C=C/C(O)C(COP(=O)(O)OCC[N+](C)(C)C)NC(=O)CCCCCCCCCCCCCCCCCCCCCCCCCCCCCCCCCCCCCCC. The molecule has 0 saturated heterocycles. The standard InChI is InChI=1S/C68H137N2O6P/c1-6-8-10-12-14-16-18-20-22-24-26-27-28-29-30-31-32-33-34-35-36-37-38-39-40-41-42-43-44-46-48-50-52-54-56-58-60-62-68(72)69-66(65-76-77(73,74)75-64-63-70(3,4)5)67(71)61-59-57-55-53-51-49-47-45-25-23-21-19-17-15-13-11-9-7-2/h59,61,66-67,71H,6-58,60,62-65H2,1-5H3,(H-,69,72,73,74)/p+1/b61-59+. The van der Waals surface area contributed by atoms with E-state index in [0.717, 1.165) is 32.1 Å². The number of quaternary nitrogens is 1. The van der Waals surface area contributed by atoms with E-state index in [0.29, 0.717) is 17.4 Å². The topological polar surface area (TPSA) is 105 Å². The van der Waals surface area contributed by atoms with Gasteiger partial charge in [0.15, 0.2) is 0 Å². The number of unbranched alkanes of at least 4 members (excludes halogenated alkanes) is 52. The van der Waals surface area contributed by atoms with E-state index in [2.05, 4.69) is 19.2 Å². The van der Waals surface area contributed by atoms with Gasteiger partial charge in [-0.15, -0.1) is 0 Å². The van der Waals surface area contributed by atoms with Crippen molar-refractivity contribution in [3.63, 3.8) is 0 Å². The summed E-state index contributed by atoms with van der Waals surface area (Å²) >= 11 is 0. The van der Waals surface area contributed by atoms with Crippen molar-refractivity contribution in [3.8, 4) is 0 Å². The Kier molecular flexibility index (Phi) is 59.3. The van der Waals surface area contributed by atoms with Crippen LogP contribution in [0, 0.1) is 0 Å². The number of carbonyl (C=O) groups is 1. The summed E-state index contributed by atoms with van der Waals surface area (Å²) in [5.41, 5.74) is 0. The molecule has 77 heavy (non-hydrogen) atoms. The molecule has 8 nitrogen and oxygen atoms in total. The van der Waals surface area contributed by atoms with Crippen LogP contribution in [0.25, 0.3) is 0 Å². The fraction of sp³-hybridized carbons (Fsp3) is 0.956. The first-order valence-corrected chi connectivity index (χ1v) is 36.1. The molecule has 0 aromatic rings. The number of allylic oxidation sites excluding steroid dienone is 1. The Morgan fingerprint density at radius 2 is 0.688 bits per heavy atom. The quantitative estimate of drug-likeness (QED) is 0.0243. The molecule has 460 valence electrons. The average Bonchev–Trinajstić information content (AvgIpc) is 3.39. The molecule has 0 aromatic heterocycles. The molecule has 0 aliphatic carbocycles. The zero-order chi connectivity index (χ0) is 56.3. The number of phosphoric ester groups is 1. The first-order valence-electron chi connectivity index (χ1n) is 34.6. The highest BCUT2D eigenvalue weighted by molar-refractivity contribution is 7.47. The first kappa shape index (κ1) is 76.2. The zero-order valence-electron chi connectivity index (χ0n) is 52.7. The molecule has 3 unspecified atom stereocenters. The molecule has 0 aliphatic heterocycles. The summed E-state index contributed by atoms with van der Waals surface area (Å²) in [5, 5.41) is 14.0. The number of aliphatic hydroxyl groups excluding tert-OH is 1. The number of nitrogens with zero attached hydrogens (tertiary/aromatic N) is 1. The van der Waals surface area contributed by atoms with Crippen LogP contribution in [0.3, 0.4) is 0 Å². The largest absolute Gasteiger partial charge is 0.472 e. The second-order valence-electron chi connectivity index (χ2n) is 25.3. The highest BCUT2D eigenvalue weighted by Gasteiger charge is 2.28. The Labute approximate surface area is 482 Å². The Balaban J connectivity index is 3.91. The fourth-order valence-electron chi connectivity index (χ4n) is 10.9. The van der Waals surface area contributed by atoms with E-state index in [9.17, 15) is 19.4 Å². The van der Waals surface area contributed by atoms with Crippen molar-refractivity contribution in [1.82, 2.24) is 5.32 Å². The maximum Gasteiger partial charge on any atom is 0.472 e. The monoisotopic (exact) mass is 1110 g/mol. The van der Waals surface area contributed by atoms with Gasteiger partial charge in [-0.3, -0.25) is 13.8 Å². The Morgan fingerprint density at radius 3 is 0.961 bits per heavy atom. The van der Waals surface area contributed by atoms with Gasteiger partial charge in [0.1, 0.15) is 13.2 Å². The molecule has 3 atom stereocenters. The normalized spacial score (nSPS) is 13.7. The molecule has 0 heterocycles. The van der Waals surface area contributed by atoms with Gasteiger partial charge in [0.05, 0.1) is 39.9 Å². The maximum absolute atomic E-state index is 13.0. The molecule has 0 rings (SSSR count). The van der Waals surface area contributed by atoms with E-state index in [4.69, 9.17) is 9.05 Å². The molecule has 1 amide bonds. The van der Waals surface area contributed by atoms with Crippen LogP contribution in [0.5, 0.6) is 0 Å². The second kappa shape index (κ2) is 59.8. The average molecular weight is 1110 g/mol. The Bertz CT molecular complexity index is 1260. The third-order valence-electron chi connectivity index (χ3n) is 16.3. The number of hydrogen-bond acceptors (Lipinski definition) is 5. The van der Waals surface area contributed by atoms with Crippen molar-refractivity contribution in [2.45, 2.75) is 379 Å². The summed E-state index contributed by atoms with van der Waals surface area (Å²) in [7, 11) is 1.59. The predicted octanol–water partition coefficient (Wildman–Crippen LogP) is 21.7. The second-order valence-corrected chi connectivity index (χ2v) is 26.7. The summed E-state index contributed by atoms with van der Waals surface area (Å²) in [4.78, 5) is 23.4. The van der Waals surface area contributed by atoms with Crippen LogP contribution in [0.1, 0.15) is 367 Å². The first-order chi connectivity index (χ1) is 37.5. The van der Waals surface area contributed by atoms with Gasteiger partial charge in [-0.25, -0.2) is 4.57 Å². The summed E-state index contributed by atoms with van der Waals surface area (Å²) < 4.78 is 23.8. The summed E-state index contributed by atoms with van der Waals surface area (Å²) in [5.74, 6) is -0.168. The summed E-state index contributed by atoms with van der Waals surface area (Å²) in [6, 6.07) is -0.843. The number of hydrogen-bond donors (Lipinski definition) is 3. The van der Waals surface area contributed by atoms with E-state index in [1.165, 1.54) is 315 Å². The van der Waals surface area contributed by atoms with Crippen LogP contribution < -0.4 is 5.32 Å². The van der Waals surface area contributed by atoms with Gasteiger partial charge in [0.2, 0.25) is 5.91 Å². The fourth-order valence-corrected chi connectivity index (χ4v) is 11.6. The van der Waals surface area contributed by atoms with Crippen molar-refractivity contribution in [2.24, 2.45) is 0 Å².